The summed E-state index contributed by atoms with van der Waals surface area (Å²) in [6, 6.07) is 15.8. The van der Waals surface area contributed by atoms with Crippen molar-refractivity contribution in [3.05, 3.63) is 54.7 Å². The molecule has 1 saturated heterocycles. The maximum Gasteiger partial charge on any atom is 0.227 e. The zero-order chi connectivity index (χ0) is 18.3. The summed E-state index contributed by atoms with van der Waals surface area (Å²) in [5.74, 6) is 1.42. The Labute approximate surface area is 159 Å². The van der Waals surface area contributed by atoms with Crippen LogP contribution in [-0.2, 0) is 4.74 Å². The summed E-state index contributed by atoms with van der Waals surface area (Å²) in [4.78, 5) is 11.5. The second-order valence-electron chi connectivity index (χ2n) is 6.53. The first-order valence-electron chi connectivity index (χ1n) is 9.39. The summed E-state index contributed by atoms with van der Waals surface area (Å²) in [7, 11) is 0. The van der Waals surface area contributed by atoms with E-state index in [4.69, 9.17) is 9.47 Å². The molecular weight excluding hydrogens is 340 g/mol. The van der Waals surface area contributed by atoms with Gasteiger partial charge in [-0.05, 0) is 30.7 Å². The Bertz CT molecular complexity index is 866. The molecule has 2 aromatic carbocycles. The Morgan fingerprint density at radius 1 is 1.04 bits per heavy atom. The van der Waals surface area contributed by atoms with Crippen LogP contribution >= 0.6 is 0 Å². The van der Waals surface area contributed by atoms with Gasteiger partial charge < -0.3 is 14.8 Å². The average molecular weight is 364 g/mol. The minimum absolute atomic E-state index is 0.582. The molecule has 0 unspecified atom stereocenters. The first kappa shape index (κ1) is 17.7. The summed E-state index contributed by atoms with van der Waals surface area (Å²) in [5, 5.41) is 4.16. The van der Waals surface area contributed by atoms with Gasteiger partial charge in [-0.3, -0.25) is 4.90 Å². The van der Waals surface area contributed by atoms with Gasteiger partial charge in [0.2, 0.25) is 5.95 Å². The summed E-state index contributed by atoms with van der Waals surface area (Å²) < 4.78 is 11.4. The molecule has 3 aromatic rings. The van der Waals surface area contributed by atoms with Crippen molar-refractivity contribution >= 4 is 22.5 Å². The van der Waals surface area contributed by atoms with Crippen LogP contribution in [0.15, 0.2) is 54.7 Å². The fraction of sp³-hybridized carbons (Fsp3) is 0.333. The number of nitrogens with one attached hydrogen (secondary N) is 1. The third-order valence-electron chi connectivity index (χ3n) is 4.60. The third-order valence-corrected chi connectivity index (χ3v) is 4.60. The van der Waals surface area contributed by atoms with E-state index in [1.165, 1.54) is 0 Å². The highest BCUT2D eigenvalue weighted by molar-refractivity contribution is 5.85. The molecule has 0 spiro atoms. The number of morpholine rings is 1. The van der Waals surface area contributed by atoms with E-state index in [1.54, 1.807) is 0 Å². The van der Waals surface area contributed by atoms with Gasteiger partial charge in [-0.15, -0.1) is 0 Å². The van der Waals surface area contributed by atoms with E-state index >= 15 is 0 Å². The molecule has 1 aliphatic heterocycles. The first-order valence-corrected chi connectivity index (χ1v) is 9.39. The largest absolute Gasteiger partial charge is 0.493 e. The van der Waals surface area contributed by atoms with E-state index in [-0.39, 0.29) is 0 Å². The van der Waals surface area contributed by atoms with E-state index < -0.39 is 0 Å². The molecule has 0 atom stereocenters. The maximum atomic E-state index is 6.01. The Balaban J connectivity index is 1.38. The van der Waals surface area contributed by atoms with Gasteiger partial charge in [0.1, 0.15) is 5.75 Å². The number of para-hydroxylation sites is 1. The van der Waals surface area contributed by atoms with Gasteiger partial charge in [-0.2, -0.15) is 0 Å². The Morgan fingerprint density at radius 3 is 2.74 bits per heavy atom. The van der Waals surface area contributed by atoms with Gasteiger partial charge in [0.25, 0.3) is 0 Å². The predicted octanol–water partition coefficient (Wildman–Crippen LogP) is 3.47. The molecule has 1 fully saturated rings. The highest BCUT2D eigenvalue weighted by Crippen LogP contribution is 2.25. The molecule has 6 heteroatoms. The number of benzene rings is 2. The molecule has 4 rings (SSSR count). The Morgan fingerprint density at radius 2 is 1.89 bits per heavy atom. The van der Waals surface area contributed by atoms with Gasteiger partial charge in [0.05, 0.1) is 30.7 Å². The van der Waals surface area contributed by atoms with Crippen molar-refractivity contribution < 1.29 is 9.47 Å². The van der Waals surface area contributed by atoms with Crippen molar-refractivity contribution in [2.45, 2.75) is 6.42 Å². The lowest BCUT2D eigenvalue weighted by Gasteiger charge is -2.26. The molecule has 1 aliphatic rings. The second kappa shape index (κ2) is 8.79. The normalized spacial score (nSPS) is 15.0. The predicted molar refractivity (Wildman–Crippen MR) is 107 cm³/mol. The minimum Gasteiger partial charge on any atom is -0.493 e. The smallest absolute Gasteiger partial charge is 0.227 e. The van der Waals surface area contributed by atoms with E-state index in [0.29, 0.717) is 12.6 Å². The fourth-order valence-corrected chi connectivity index (χ4v) is 3.16. The number of hydrogen-bond donors (Lipinski definition) is 1. The molecule has 0 bridgehead atoms. The van der Waals surface area contributed by atoms with E-state index in [2.05, 4.69) is 20.2 Å². The zero-order valence-corrected chi connectivity index (χ0v) is 15.3. The Kier molecular flexibility index (Phi) is 5.76. The van der Waals surface area contributed by atoms with Crippen LogP contribution in [-0.4, -0.2) is 54.3 Å². The van der Waals surface area contributed by atoms with Gasteiger partial charge >= 0.3 is 0 Å². The molecule has 1 aromatic heterocycles. The van der Waals surface area contributed by atoms with Crippen LogP contribution in [0.2, 0.25) is 0 Å². The maximum absolute atomic E-state index is 6.01. The quantitative estimate of drug-likeness (QED) is 0.648. The van der Waals surface area contributed by atoms with Crippen LogP contribution in [0.25, 0.3) is 10.9 Å². The van der Waals surface area contributed by atoms with E-state index in [9.17, 15) is 0 Å². The van der Waals surface area contributed by atoms with Crippen LogP contribution in [0.5, 0.6) is 5.75 Å². The van der Waals surface area contributed by atoms with Gasteiger partial charge in [0.15, 0.2) is 0 Å². The van der Waals surface area contributed by atoms with Crippen molar-refractivity contribution in [3.8, 4) is 5.75 Å². The van der Waals surface area contributed by atoms with Crippen molar-refractivity contribution in [2.24, 2.45) is 0 Å². The minimum atomic E-state index is 0.582. The summed E-state index contributed by atoms with van der Waals surface area (Å²) in [6.07, 6.45) is 2.82. The molecule has 1 N–H and O–H groups in total. The lowest BCUT2D eigenvalue weighted by molar-refractivity contribution is 0.0358. The molecule has 140 valence electrons. The number of aromatic nitrogens is 2. The molecule has 0 aliphatic carbocycles. The molecule has 0 radical (unpaired) electrons. The molecule has 0 amide bonds. The zero-order valence-electron chi connectivity index (χ0n) is 15.3. The molecule has 27 heavy (non-hydrogen) atoms. The van der Waals surface area contributed by atoms with Gasteiger partial charge in [0, 0.05) is 31.5 Å². The van der Waals surface area contributed by atoms with Crippen LogP contribution in [0, 0.1) is 0 Å². The van der Waals surface area contributed by atoms with Crippen LogP contribution in [0.1, 0.15) is 6.42 Å². The summed E-state index contributed by atoms with van der Waals surface area (Å²) in [5.41, 5.74) is 1.83. The number of nitrogens with zero attached hydrogens (tertiary/aromatic N) is 3. The third kappa shape index (κ3) is 4.72. The highest BCUT2D eigenvalue weighted by atomic mass is 16.5. The summed E-state index contributed by atoms with van der Waals surface area (Å²) >= 11 is 0. The molecule has 2 heterocycles. The second-order valence-corrected chi connectivity index (χ2v) is 6.53. The molecule has 6 nitrogen and oxygen atoms in total. The van der Waals surface area contributed by atoms with Gasteiger partial charge in [-0.25, -0.2) is 9.97 Å². The van der Waals surface area contributed by atoms with E-state index in [1.807, 2.05) is 54.7 Å². The van der Waals surface area contributed by atoms with Gasteiger partial charge in [-0.1, -0.05) is 24.3 Å². The average Bonchev–Trinajstić information content (AvgIpc) is 2.72. The van der Waals surface area contributed by atoms with E-state index in [0.717, 1.165) is 61.6 Å². The number of ether oxygens (including phenoxy) is 2. The topological polar surface area (TPSA) is 59.5 Å². The number of hydrogen-bond acceptors (Lipinski definition) is 6. The lowest BCUT2D eigenvalue weighted by Crippen LogP contribution is -2.37. The first-order chi connectivity index (χ1) is 13.4. The lowest BCUT2D eigenvalue weighted by atomic mass is 10.2. The standard InChI is InChI=1S/C21H24N4O2/c1-2-6-17(7-3-1)23-21-22-16-18-19(24-21)8-4-9-20(18)27-13-5-10-25-11-14-26-15-12-25/h1-4,6-9,16H,5,10-15H2,(H,22,23,24). The number of fused-ring (bicyclic) bond motifs is 1. The number of anilines is 2. The van der Waals surface area contributed by atoms with Crippen molar-refractivity contribution in [1.29, 1.82) is 0 Å². The van der Waals surface area contributed by atoms with Crippen molar-refractivity contribution in [2.75, 3.05) is 44.8 Å². The molecular formula is C21H24N4O2. The summed E-state index contributed by atoms with van der Waals surface area (Å²) in [6.45, 7) is 5.41. The van der Waals surface area contributed by atoms with Crippen LogP contribution in [0.4, 0.5) is 11.6 Å². The SMILES string of the molecule is c1ccc(Nc2ncc3c(OCCCN4CCOCC4)cccc3n2)cc1. The highest BCUT2D eigenvalue weighted by Gasteiger charge is 2.10. The fourth-order valence-electron chi connectivity index (χ4n) is 3.16. The molecule has 0 saturated carbocycles. The Hall–Kier alpha value is -2.70. The van der Waals surface area contributed by atoms with Crippen molar-refractivity contribution in [1.82, 2.24) is 14.9 Å². The number of rotatable bonds is 7. The van der Waals surface area contributed by atoms with Crippen LogP contribution < -0.4 is 10.1 Å². The van der Waals surface area contributed by atoms with Crippen molar-refractivity contribution in [3.63, 3.8) is 0 Å². The van der Waals surface area contributed by atoms with Crippen LogP contribution in [0.3, 0.4) is 0 Å². The monoisotopic (exact) mass is 364 g/mol.